The first-order valence-corrected chi connectivity index (χ1v) is 9.83. The summed E-state index contributed by atoms with van der Waals surface area (Å²) >= 11 is 3.57. The zero-order valence-corrected chi connectivity index (χ0v) is 17.2. The average molecular weight is 425 g/mol. The van der Waals surface area contributed by atoms with E-state index in [1.165, 1.54) is 16.7 Å². The SMILES string of the molecule is COc1ccc(CN(Cc2ccc(CN)cc2)Cc2cccc(Br)c2)cc1. The van der Waals surface area contributed by atoms with Crippen LogP contribution >= 0.6 is 15.9 Å². The lowest BCUT2D eigenvalue weighted by atomic mass is 10.1. The van der Waals surface area contributed by atoms with E-state index in [0.29, 0.717) is 6.54 Å². The third kappa shape index (κ3) is 5.93. The molecular weight excluding hydrogens is 400 g/mol. The first-order valence-electron chi connectivity index (χ1n) is 9.04. The topological polar surface area (TPSA) is 38.5 Å². The summed E-state index contributed by atoms with van der Waals surface area (Å²) in [6.45, 7) is 3.20. The molecule has 27 heavy (non-hydrogen) atoms. The van der Waals surface area contributed by atoms with E-state index in [2.05, 4.69) is 81.5 Å². The molecule has 0 bridgehead atoms. The van der Waals surface area contributed by atoms with Gasteiger partial charge in [0.2, 0.25) is 0 Å². The molecule has 0 fully saturated rings. The molecule has 0 radical (unpaired) electrons. The molecule has 0 saturated carbocycles. The molecule has 0 atom stereocenters. The van der Waals surface area contributed by atoms with E-state index in [0.717, 1.165) is 35.4 Å². The van der Waals surface area contributed by atoms with Gasteiger partial charge in [0, 0.05) is 30.7 Å². The van der Waals surface area contributed by atoms with Crippen molar-refractivity contribution in [2.24, 2.45) is 5.73 Å². The van der Waals surface area contributed by atoms with Crippen molar-refractivity contribution in [1.82, 2.24) is 4.90 Å². The molecule has 0 aliphatic heterocycles. The molecule has 0 aromatic heterocycles. The summed E-state index contributed by atoms with van der Waals surface area (Å²) in [6.07, 6.45) is 0. The molecule has 2 N–H and O–H groups in total. The summed E-state index contributed by atoms with van der Waals surface area (Å²) < 4.78 is 6.38. The van der Waals surface area contributed by atoms with Gasteiger partial charge >= 0.3 is 0 Å². The Morgan fingerprint density at radius 2 is 1.33 bits per heavy atom. The standard InChI is InChI=1S/C23H25BrN2O/c1-27-23-11-9-20(10-12-23)16-26(17-21-3-2-4-22(24)13-21)15-19-7-5-18(14-25)6-8-19/h2-13H,14-17,25H2,1H3. The molecule has 0 saturated heterocycles. The van der Waals surface area contributed by atoms with Crippen LogP contribution in [0, 0.1) is 0 Å². The van der Waals surface area contributed by atoms with E-state index in [9.17, 15) is 0 Å². The molecule has 140 valence electrons. The highest BCUT2D eigenvalue weighted by molar-refractivity contribution is 9.10. The Morgan fingerprint density at radius 1 is 0.778 bits per heavy atom. The summed E-state index contributed by atoms with van der Waals surface area (Å²) in [5.41, 5.74) is 10.7. The van der Waals surface area contributed by atoms with Crippen LogP contribution in [0.2, 0.25) is 0 Å². The number of hydrogen-bond donors (Lipinski definition) is 1. The quantitative estimate of drug-likeness (QED) is 0.545. The summed E-state index contributed by atoms with van der Waals surface area (Å²) in [4.78, 5) is 2.45. The second-order valence-electron chi connectivity index (χ2n) is 6.64. The first-order chi connectivity index (χ1) is 13.2. The van der Waals surface area contributed by atoms with Crippen molar-refractivity contribution in [3.8, 4) is 5.75 Å². The number of ether oxygens (including phenoxy) is 1. The minimum Gasteiger partial charge on any atom is -0.497 e. The van der Waals surface area contributed by atoms with Crippen LogP contribution in [0.5, 0.6) is 5.75 Å². The van der Waals surface area contributed by atoms with E-state index in [-0.39, 0.29) is 0 Å². The van der Waals surface area contributed by atoms with Gasteiger partial charge in [-0.05, 0) is 46.5 Å². The van der Waals surface area contributed by atoms with Crippen molar-refractivity contribution >= 4 is 15.9 Å². The van der Waals surface area contributed by atoms with E-state index in [1.807, 2.05) is 12.1 Å². The van der Waals surface area contributed by atoms with Crippen LogP contribution in [0.25, 0.3) is 0 Å². The summed E-state index contributed by atoms with van der Waals surface area (Å²) in [7, 11) is 1.69. The van der Waals surface area contributed by atoms with Crippen molar-refractivity contribution in [2.75, 3.05) is 7.11 Å². The Kier molecular flexibility index (Phi) is 7.04. The van der Waals surface area contributed by atoms with Crippen molar-refractivity contribution in [1.29, 1.82) is 0 Å². The van der Waals surface area contributed by atoms with Gasteiger partial charge in [-0.2, -0.15) is 0 Å². The van der Waals surface area contributed by atoms with Crippen LogP contribution in [0.1, 0.15) is 22.3 Å². The Labute approximate surface area is 169 Å². The first kappa shape index (κ1) is 19.6. The number of rotatable bonds is 8. The van der Waals surface area contributed by atoms with E-state index < -0.39 is 0 Å². The molecule has 0 heterocycles. The zero-order valence-electron chi connectivity index (χ0n) is 15.6. The lowest BCUT2D eigenvalue weighted by Crippen LogP contribution is -2.22. The molecule has 0 aliphatic carbocycles. The molecule has 0 spiro atoms. The highest BCUT2D eigenvalue weighted by Gasteiger charge is 2.09. The van der Waals surface area contributed by atoms with Gasteiger partial charge in [-0.25, -0.2) is 0 Å². The van der Waals surface area contributed by atoms with Crippen molar-refractivity contribution < 1.29 is 4.74 Å². The predicted molar refractivity (Wildman–Crippen MR) is 114 cm³/mol. The number of nitrogens with zero attached hydrogens (tertiary/aromatic N) is 1. The average Bonchev–Trinajstić information content (AvgIpc) is 2.69. The Hall–Kier alpha value is -2.14. The minimum absolute atomic E-state index is 0.577. The van der Waals surface area contributed by atoms with Gasteiger partial charge < -0.3 is 10.5 Å². The monoisotopic (exact) mass is 424 g/mol. The smallest absolute Gasteiger partial charge is 0.118 e. The number of hydrogen-bond acceptors (Lipinski definition) is 3. The van der Waals surface area contributed by atoms with Crippen LogP contribution in [0.15, 0.2) is 77.3 Å². The van der Waals surface area contributed by atoms with Crippen LogP contribution in [0.4, 0.5) is 0 Å². The second-order valence-corrected chi connectivity index (χ2v) is 7.56. The van der Waals surface area contributed by atoms with Crippen LogP contribution in [-0.4, -0.2) is 12.0 Å². The van der Waals surface area contributed by atoms with E-state index in [4.69, 9.17) is 10.5 Å². The fraction of sp³-hybridized carbons (Fsp3) is 0.217. The largest absolute Gasteiger partial charge is 0.497 e. The van der Waals surface area contributed by atoms with Gasteiger partial charge in [0.25, 0.3) is 0 Å². The van der Waals surface area contributed by atoms with Crippen LogP contribution in [0.3, 0.4) is 0 Å². The molecule has 3 aromatic rings. The molecule has 0 aliphatic rings. The van der Waals surface area contributed by atoms with Gasteiger partial charge in [0.05, 0.1) is 7.11 Å². The summed E-state index contributed by atoms with van der Waals surface area (Å²) in [5.74, 6) is 0.884. The number of methoxy groups -OCH3 is 1. The van der Waals surface area contributed by atoms with Crippen molar-refractivity contribution in [2.45, 2.75) is 26.2 Å². The zero-order chi connectivity index (χ0) is 19.1. The van der Waals surface area contributed by atoms with E-state index in [1.54, 1.807) is 7.11 Å². The van der Waals surface area contributed by atoms with Crippen molar-refractivity contribution in [3.63, 3.8) is 0 Å². The lowest BCUT2D eigenvalue weighted by Gasteiger charge is -2.23. The maximum absolute atomic E-state index is 5.72. The van der Waals surface area contributed by atoms with Gasteiger partial charge in [-0.1, -0.05) is 64.5 Å². The van der Waals surface area contributed by atoms with Crippen LogP contribution in [-0.2, 0) is 26.2 Å². The molecule has 0 unspecified atom stereocenters. The number of halogens is 1. The molecule has 4 heteroatoms. The summed E-state index contributed by atoms with van der Waals surface area (Å²) in [5, 5.41) is 0. The number of nitrogens with two attached hydrogens (primary N) is 1. The molecule has 0 amide bonds. The Bertz CT molecular complexity index is 798. The Morgan fingerprint density at radius 3 is 1.89 bits per heavy atom. The lowest BCUT2D eigenvalue weighted by molar-refractivity contribution is 0.247. The summed E-state index contributed by atoms with van der Waals surface area (Å²) in [6, 6.07) is 25.3. The van der Waals surface area contributed by atoms with Crippen LogP contribution < -0.4 is 10.5 Å². The van der Waals surface area contributed by atoms with Gasteiger partial charge in [-0.3, -0.25) is 4.90 Å². The Balaban J connectivity index is 1.77. The van der Waals surface area contributed by atoms with Gasteiger partial charge in [0.15, 0.2) is 0 Å². The molecule has 3 nitrogen and oxygen atoms in total. The minimum atomic E-state index is 0.577. The highest BCUT2D eigenvalue weighted by atomic mass is 79.9. The van der Waals surface area contributed by atoms with Crippen molar-refractivity contribution in [3.05, 3.63) is 99.5 Å². The van der Waals surface area contributed by atoms with Gasteiger partial charge in [0.1, 0.15) is 5.75 Å². The fourth-order valence-electron chi connectivity index (χ4n) is 3.09. The third-order valence-corrected chi connectivity index (χ3v) is 5.02. The maximum Gasteiger partial charge on any atom is 0.118 e. The maximum atomic E-state index is 5.72. The molecular formula is C23H25BrN2O. The molecule has 3 rings (SSSR count). The molecule has 3 aromatic carbocycles. The number of benzene rings is 3. The second kappa shape index (κ2) is 9.70. The normalized spacial score (nSPS) is 11.0. The predicted octanol–water partition coefficient (Wildman–Crippen LogP) is 5.12. The van der Waals surface area contributed by atoms with E-state index >= 15 is 0 Å². The fourth-order valence-corrected chi connectivity index (χ4v) is 3.54. The highest BCUT2D eigenvalue weighted by Crippen LogP contribution is 2.19. The third-order valence-electron chi connectivity index (χ3n) is 4.53. The van der Waals surface area contributed by atoms with Gasteiger partial charge in [-0.15, -0.1) is 0 Å².